The summed E-state index contributed by atoms with van der Waals surface area (Å²) in [5.41, 5.74) is 0.986. The Morgan fingerprint density at radius 3 is 2.74 bits per heavy atom. The van der Waals surface area contributed by atoms with Gasteiger partial charge < -0.3 is 19.7 Å². The molecule has 1 aromatic rings. The Hall–Kier alpha value is -0.810. The summed E-state index contributed by atoms with van der Waals surface area (Å²) in [5, 5.41) is 4.02. The fraction of sp³-hybridized carbons (Fsp3) is 0.571. The van der Waals surface area contributed by atoms with Gasteiger partial charge in [-0.1, -0.05) is 17.7 Å². The lowest BCUT2D eigenvalue weighted by molar-refractivity contribution is 0.119. The molecule has 0 aliphatic carbocycles. The van der Waals surface area contributed by atoms with E-state index < -0.39 is 0 Å². The number of benzene rings is 1. The second-order valence-electron chi connectivity index (χ2n) is 4.51. The summed E-state index contributed by atoms with van der Waals surface area (Å²) in [6.07, 6.45) is 0. The molecule has 108 valence electrons. The largest absolute Gasteiger partial charge is 0.496 e. The highest BCUT2D eigenvalue weighted by Crippen LogP contribution is 2.25. The van der Waals surface area contributed by atoms with Crippen LogP contribution >= 0.6 is 11.6 Å². The fourth-order valence-electron chi connectivity index (χ4n) is 1.61. The average Bonchev–Trinajstić information content (AvgIpc) is 2.38. The van der Waals surface area contributed by atoms with Gasteiger partial charge >= 0.3 is 0 Å². The van der Waals surface area contributed by atoms with Gasteiger partial charge in [0.15, 0.2) is 0 Å². The van der Waals surface area contributed by atoms with E-state index in [0.717, 1.165) is 36.0 Å². The molecule has 5 heteroatoms. The molecule has 4 nitrogen and oxygen atoms in total. The first-order valence-corrected chi connectivity index (χ1v) is 6.77. The zero-order valence-corrected chi connectivity index (χ0v) is 12.7. The maximum absolute atomic E-state index is 6.15. The quantitative estimate of drug-likeness (QED) is 0.704. The SMILES string of the molecule is COc1cccc(Cl)c1CNCCOCCN(C)C. The molecular formula is C14H23ClN2O2. The van der Waals surface area contributed by atoms with Crippen molar-refractivity contribution in [1.82, 2.24) is 10.2 Å². The molecule has 1 rings (SSSR count). The summed E-state index contributed by atoms with van der Waals surface area (Å²) >= 11 is 6.15. The first-order chi connectivity index (χ1) is 9.15. The third-order valence-electron chi connectivity index (χ3n) is 2.70. The van der Waals surface area contributed by atoms with Crippen molar-refractivity contribution in [1.29, 1.82) is 0 Å². The van der Waals surface area contributed by atoms with E-state index >= 15 is 0 Å². The van der Waals surface area contributed by atoms with Crippen molar-refractivity contribution >= 4 is 11.6 Å². The van der Waals surface area contributed by atoms with Gasteiger partial charge in [0, 0.05) is 30.2 Å². The van der Waals surface area contributed by atoms with Crippen LogP contribution < -0.4 is 10.1 Å². The van der Waals surface area contributed by atoms with Gasteiger partial charge in [0.2, 0.25) is 0 Å². The Bertz CT molecular complexity index is 372. The lowest BCUT2D eigenvalue weighted by atomic mass is 10.2. The van der Waals surface area contributed by atoms with E-state index in [9.17, 15) is 0 Å². The third-order valence-corrected chi connectivity index (χ3v) is 3.06. The molecule has 0 bridgehead atoms. The summed E-state index contributed by atoms with van der Waals surface area (Å²) in [6, 6.07) is 5.67. The number of ether oxygens (including phenoxy) is 2. The van der Waals surface area contributed by atoms with Crippen LogP contribution in [0.25, 0.3) is 0 Å². The van der Waals surface area contributed by atoms with Crippen LogP contribution in [-0.4, -0.2) is 52.4 Å². The van der Waals surface area contributed by atoms with Crippen molar-refractivity contribution in [3.8, 4) is 5.75 Å². The topological polar surface area (TPSA) is 33.7 Å². The maximum atomic E-state index is 6.15. The minimum Gasteiger partial charge on any atom is -0.496 e. The van der Waals surface area contributed by atoms with E-state index in [1.54, 1.807) is 7.11 Å². The Morgan fingerprint density at radius 2 is 2.05 bits per heavy atom. The second kappa shape index (κ2) is 9.15. The highest BCUT2D eigenvalue weighted by molar-refractivity contribution is 6.31. The van der Waals surface area contributed by atoms with Gasteiger partial charge in [0.25, 0.3) is 0 Å². The number of nitrogens with one attached hydrogen (secondary N) is 1. The highest BCUT2D eigenvalue weighted by atomic mass is 35.5. The summed E-state index contributed by atoms with van der Waals surface area (Å²) in [6.45, 7) is 3.87. The average molecular weight is 287 g/mol. The number of methoxy groups -OCH3 is 1. The predicted molar refractivity (Wildman–Crippen MR) is 79.1 cm³/mol. The monoisotopic (exact) mass is 286 g/mol. The van der Waals surface area contributed by atoms with Gasteiger partial charge in [-0.25, -0.2) is 0 Å². The smallest absolute Gasteiger partial charge is 0.124 e. The van der Waals surface area contributed by atoms with E-state index in [2.05, 4.69) is 10.2 Å². The van der Waals surface area contributed by atoms with Crippen molar-refractivity contribution in [3.63, 3.8) is 0 Å². The molecule has 0 amide bonds. The maximum Gasteiger partial charge on any atom is 0.124 e. The van der Waals surface area contributed by atoms with Crippen molar-refractivity contribution in [2.24, 2.45) is 0 Å². The van der Waals surface area contributed by atoms with Crippen LogP contribution in [0, 0.1) is 0 Å². The minimum atomic E-state index is 0.680. The molecule has 19 heavy (non-hydrogen) atoms. The number of hydrogen-bond acceptors (Lipinski definition) is 4. The van der Waals surface area contributed by atoms with Gasteiger partial charge in [0.1, 0.15) is 5.75 Å². The number of likely N-dealkylation sites (N-methyl/N-ethyl adjacent to an activating group) is 1. The van der Waals surface area contributed by atoms with Crippen LogP contribution in [0.1, 0.15) is 5.56 Å². The van der Waals surface area contributed by atoms with Crippen molar-refractivity contribution < 1.29 is 9.47 Å². The Balaban J connectivity index is 2.22. The molecule has 0 atom stereocenters. The van der Waals surface area contributed by atoms with Crippen molar-refractivity contribution in [3.05, 3.63) is 28.8 Å². The molecule has 1 aromatic carbocycles. The predicted octanol–water partition coefficient (Wildman–Crippen LogP) is 2.02. The number of hydrogen-bond donors (Lipinski definition) is 1. The molecule has 0 spiro atoms. The number of nitrogens with zero attached hydrogens (tertiary/aromatic N) is 1. The standard InChI is InChI=1S/C14H23ClN2O2/c1-17(2)8-10-19-9-7-16-11-12-13(15)5-4-6-14(12)18-3/h4-6,16H,7-11H2,1-3H3. The zero-order chi connectivity index (χ0) is 14.1. The molecule has 0 radical (unpaired) electrons. The van der Waals surface area contributed by atoms with Crippen LogP contribution in [0.2, 0.25) is 5.02 Å². The van der Waals surface area contributed by atoms with Crippen molar-refractivity contribution in [2.75, 3.05) is 47.5 Å². The summed E-state index contributed by atoms with van der Waals surface area (Å²) < 4.78 is 10.8. The molecule has 0 saturated carbocycles. The molecule has 1 N–H and O–H groups in total. The van der Waals surface area contributed by atoms with Crippen LogP contribution in [0.4, 0.5) is 0 Å². The molecule has 0 heterocycles. The summed E-state index contributed by atoms with van der Waals surface area (Å²) in [4.78, 5) is 2.10. The zero-order valence-electron chi connectivity index (χ0n) is 11.9. The van der Waals surface area contributed by atoms with Crippen LogP contribution in [0.5, 0.6) is 5.75 Å². The second-order valence-corrected chi connectivity index (χ2v) is 4.92. The van der Waals surface area contributed by atoms with E-state index in [1.165, 1.54) is 0 Å². The first kappa shape index (κ1) is 16.2. The summed E-state index contributed by atoms with van der Waals surface area (Å²) in [7, 11) is 5.72. The van der Waals surface area contributed by atoms with Gasteiger partial charge in [0.05, 0.1) is 20.3 Å². The molecule has 0 unspecified atom stereocenters. The highest BCUT2D eigenvalue weighted by Gasteiger charge is 2.06. The van der Waals surface area contributed by atoms with Crippen LogP contribution in [0.15, 0.2) is 18.2 Å². The lowest BCUT2D eigenvalue weighted by Crippen LogP contribution is -2.23. The van der Waals surface area contributed by atoms with Crippen LogP contribution in [-0.2, 0) is 11.3 Å². The molecule has 0 aliphatic rings. The first-order valence-electron chi connectivity index (χ1n) is 6.39. The molecule has 0 fully saturated rings. The molecule has 0 saturated heterocycles. The van der Waals surface area contributed by atoms with Crippen LogP contribution in [0.3, 0.4) is 0 Å². The Labute approximate surface area is 120 Å². The van der Waals surface area contributed by atoms with Gasteiger partial charge in [-0.05, 0) is 26.2 Å². The Morgan fingerprint density at radius 1 is 1.26 bits per heavy atom. The molecule has 0 aromatic heterocycles. The fourth-order valence-corrected chi connectivity index (χ4v) is 1.84. The minimum absolute atomic E-state index is 0.680. The third kappa shape index (κ3) is 6.25. The molecule has 0 aliphatic heterocycles. The van der Waals surface area contributed by atoms with Crippen molar-refractivity contribution in [2.45, 2.75) is 6.54 Å². The normalized spacial score (nSPS) is 11.0. The summed E-state index contributed by atoms with van der Waals surface area (Å²) in [5.74, 6) is 0.813. The number of rotatable bonds is 9. The lowest BCUT2D eigenvalue weighted by Gasteiger charge is -2.12. The Kier molecular flexibility index (Phi) is 7.82. The van der Waals surface area contributed by atoms with Gasteiger partial charge in [-0.2, -0.15) is 0 Å². The van der Waals surface area contributed by atoms with Gasteiger partial charge in [-0.15, -0.1) is 0 Å². The molecular weight excluding hydrogens is 264 g/mol. The van der Waals surface area contributed by atoms with Gasteiger partial charge in [-0.3, -0.25) is 0 Å². The van der Waals surface area contributed by atoms with E-state index in [1.807, 2.05) is 32.3 Å². The van der Waals surface area contributed by atoms with E-state index in [-0.39, 0.29) is 0 Å². The van der Waals surface area contributed by atoms with E-state index in [4.69, 9.17) is 21.1 Å². The number of halogens is 1. The van der Waals surface area contributed by atoms with E-state index in [0.29, 0.717) is 13.2 Å².